The van der Waals surface area contributed by atoms with Crippen LogP contribution in [0.15, 0.2) is 48.5 Å². The van der Waals surface area contributed by atoms with Gasteiger partial charge in [0.25, 0.3) is 0 Å². The lowest BCUT2D eigenvalue weighted by atomic mass is 9.86. The van der Waals surface area contributed by atoms with Crippen molar-refractivity contribution >= 4 is 11.7 Å². The zero-order chi connectivity index (χ0) is 17.7. The Labute approximate surface area is 141 Å². The summed E-state index contributed by atoms with van der Waals surface area (Å²) in [6.07, 6.45) is -0.894. The normalized spacial score (nSPS) is 12.5. The topological polar surface area (TPSA) is 61.4 Å². The van der Waals surface area contributed by atoms with Crippen LogP contribution in [0.3, 0.4) is 0 Å². The van der Waals surface area contributed by atoms with Crippen molar-refractivity contribution in [2.75, 3.05) is 11.9 Å². The van der Waals surface area contributed by atoms with Crippen molar-refractivity contribution in [3.8, 4) is 0 Å². The van der Waals surface area contributed by atoms with E-state index in [0.29, 0.717) is 5.56 Å². The number of hydrogen-bond donors (Lipinski definition) is 3. The van der Waals surface area contributed by atoms with E-state index in [1.165, 1.54) is 24.3 Å². The molecule has 0 aliphatic rings. The predicted octanol–water partition coefficient (Wildman–Crippen LogP) is 3.98. The van der Waals surface area contributed by atoms with E-state index in [2.05, 4.69) is 31.4 Å². The highest BCUT2D eigenvalue weighted by atomic mass is 19.1. The number of benzene rings is 2. The molecular weight excluding hydrogens is 307 g/mol. The Morgan fingerprint density at radius 2 is 1.75 bits per heavy atom. The standard InChI is InChI=1S/C19H23FN2O2/c1-19(2,3)15-6-4-5-7-16(15)22-18(24)21-12-17(23)13-8-10-14(20)11-9-13/h4-11,17,23H,12H2,1-3H3,(H2,21,22,24). The lowest BCUT2D eigenvalue weighted by molar-refractivity contribution is 0.175. The molecule has 0 aromatic heterocycles. The highest BCUT2D eigenvalue weighted by Crippen LogP contribution is 2.29. The monoisotopic (exact) mass is 330 g/mol. The molecular formula is C19H23FN2O2. The Morgan fingerprint density at radius 3 is 2.38 bits per heavy atom. The van der Waals surface area contributed by atoms with Crippen LogP contribution in [0.1, 0.15) is 38.0 Å². The van der Waals surface area contributed by atoms with Gasteiger partial charge in [-0.1, -0.05) is 51.1 Å². The first-order chi connectivity index (χ1) is 11.3. The van der Waals surface area contributed by atoms with Gasteiger partial charge < -0.3 is 15.7 Å². The molecule has 2 rings (SSSR count). The first-order valence-corrected chi connectivity index (χ1v) is 7.85. The molecule has 3 N–H and O–H groups in total. The van der Waals surface area contributed by atoms with Gasteiger partial charge in [0.05, 0.1) is 6.10 Å². The van der Waals surface area contributed by atoms with Gasteiger partial charge in [0.2, 0.25) is 0 Å². The summed E-state index contributed by atoms with van der Waals surface area (Å²) in [6.45, 7) is 6.26. The molecule has 2 amide bonds. The second-order valence-corrected chi connectivity index (χ2v) is 6.70. The Bertz CT molecular complexity index is 693. The van der Waals surface area contributed by atoms with Crippen LogP contribution in [-0.4, -0.2) is 17.7 Å². The minimum Gasteiger partial charge on any atom is -0.387 e. The van der Waals surface area contributed by atoms with Gasteiger partial charge in [-0.25, -0.2) is 9.18 Å². The average molecular weight is 330 g/mol. The number of urea groups is 1. The number of rotatable bonds is 4. The van der Waals surface area contributed by atoms with Gasteiger partial charge in [0.15, 0.2) is 0 Å². The maximum absolute atomic E-state index is 12.9. The number of hydrogen-bond acceptors (Lipinski definition) is 2. The van der Waals surface area contributed by atoms with E-state index in [-0.39, 0.29) is 17.8 Å². The van der Waals surface area contributed by atoms with Crippen LogP contribution in [0, 0.1) is 5.82 Å². The Hall–Kier alpha value is -2.40. The third-order valence-corrected chi connectivity index (χ3v) is 3.69. The molecule has 0 aliphatic heterocycles. The number of aliphatic hydroxyl groups excluding tert-OH is 1. The second kappa shape index (κ2) is 7.45. The third kappa shape index (κ3) is 4.80. The van der Waals surface area contributed by atoms with Crippen LogP contribution in [0.4, 0.5) is 14.9 Å². The molecule has 5 heteroatoms. The lowest BCUT2D eigenvalue weighted by Gasteiger charge is -2.23. The molecule has 0 saturated heterocycles. The maximum Gasteiger partial charge on any atom is 0.319 e. The summed E-state index contributed by atoms with van der Waals surface area (Å²) < 4.78 is 12.9. The van der Waals surface area contributed by atoms with E-state index in [1.54, 1.807) is 0 Å². The zero-order valence-electron chi connectivity index (χ0n) is 14.1. The van der Waals surface area contributed by atoms with E-state index in [0.717, 1.165) is 11.3 Å². The number of anilines is 1. The Morgan fingerprint density at radius 1 is 1.12 bits per heavy atom. The van der Waals surface area contributed by atoms with Gasteiger partial charge in [-0.15, -0.1) is 0 Å². The molecule has 2 aromatic carbocycles. The molecule has 24 heavy (non-hydrogen) atoms. The molecule has 1 unspecified atom stereocenters. The van der Waals surface area contributed by atoms with Crippen LogP contribution in [0.25, 0.3) is 0 Å². The highest BCUT2D eigenvalue weighted by Gasteiger charge is 2.18. The number of aliphatic hydroxyl groups is 1. The number of amides is 2. The number of para-hydroxylation sites is 1. The second-order valence-electron chi connectivity index (χ2n) is 6.70. The van der Waals surface area contributed by atoms with Gasteiger partial charge in [-0.3, -0.25) is 0 Å². The van der Waals surface area contributed by atoms with E-state index >= 15 is 0 Å². The summed E-state index contributed by atoms with van der Waals surface area (Å²) in [6, 6.07) is 12.8. The minimum atomic E-state index is -0.894. The maximum atomic E-state index is 12.9. The molecule has 0 radical (unpaired) electrons. The molecule has 2 aromatic rings. The average Bonchev–Trinajstić information content (AvgIpc) is 2.53. The SMILES string of the molecule is CC(C)(C)c1ccccc1NC(=O)NCC(O)c1ccc(F)cc1. The van der Waals surface area contributed by atoms with E-state index in [1.807, 2.05) is 24.3 Å². The van der Waals surface area contributed by atoms with Crippen LogP contribution >= 0.6 is 0 Å². The van der Waals surface area contributed by atoms with Crippen LogP contribution in [-0.2, 0) is 5.41 Å². The largest absolute Gasteiger partial charge is 0.387 e. The Kier molecular flexibility index (Phi) is 5.57. The van der Waals surface area contributed by atoms with E-state index in [4.69, 9.17) is 0 Å². The van der Waals surface area contributed by atoms with Gasteiger partial charge in [-0.05, 0) is 34.7 Å². The minimum absolute atomic E-state index is 0.0369. The Balaban J connectivity index is 1.96. The van der Waals surface area contributed by atoms with E-state index in [9.17, 15) is 14.3 Å². The molecule has 0 heterocycles. The summed E-state index contributed by atoms with van der Waals surface area (Å²) in [5.74, 6) is -0.365. The molecule has 0 saturated carbocycles. The zero-order valence-corrected chi connectivity index (χ0v) is 14.1. The van der Waals surface area contributed by atoms with Crippen molar-refractivity contribution in [3.05, 3.63) is 65.5 Å². The molecule has 128 valence electrons. The van der Waals surface area contributed by atoms with Crippen molar-refractivity contribution < 1.29 is 14.3 Å². The van der Waals surface area contributed by atoms with Crippen molar-refractivity contribution in [1.29, 1.82) is 0 Å². The van der Waals surface area contributed by atoms with E-state index < -0.39 is 12.1 Å². The molecule has 0 aliphatic carbocycles. The predicted molar refractivity (Wildman–Crippen MR) is 93.5 cm³/mol. The number of carbonyl (C=O) groups is 1. The molecule has 1 atom stereocenters. The van der Waals surface area contributed by atoms with Gasteiger partial charge in [-0.2, -0.15) is 0 Å². The highest BCUT2D eigenvalue weighted by molar-refractivity contribution is 5.90. The number of carbonyl (C=O) groups excluding carboxylic acids is 1. The fourth-order valence-electron chi connectivity index (χ4n) is 2.40. The summed E-state index contributed by atoms with van der Waals surface area (Å²) in [5.41, 5.74) is 2.21. The van der Waals surface area contributed by atoms with Crippen molar-refractivity contribution in [2.24, 2.45) is 0 Å². The molecule has 0 bridgehead atoms. The lowest BCUT2D eigenvalue weighted by Crippen LogP contribution is -2.33. The molecule has 4 nitrogen and oxygen atoms in total. The quantitative estimate of drug-likeness (QED) is 0.794. The van der Waals surface area contributed by atoms with Crippen LogP contribution in [0.5, 0.6) is 0 Å². The fourth-order valence-corrected chi connectivity index (χ4v) is 2.40. The number of nitrogens with one attached hydrogen (secondary N) is 2. The molecule has 0 spiro atoms. The summed E-state index contributed by atoms with van der Waals surface area (Å²) in [4.78, 5) is 12.1. The van der Waals surface area contributed by atoms with Crippen LogP contribution < -0.4 is 10.6 Å². The van der Waals surface area contributed by atoms with Gasteiger partial charge >= 0.3 is 6.03 Å². The smallest absolute Gasteiger partial charge is 0.319 e. The summed E-state index contributed by atoms with van der Waals surface area (Å²) in [5, 5.41) is 15.5. The van der Waals surface area contributed by atoms with Gasteiger partial charge in [0.1, 0.15) is 5.82 Å². The summed E-state index contributed by atoms with van der Waals surface area (Å²) in [7, 11) is 0. The molecule has 0 fully saturated rings. The van der Waals surface area contributed by atoms with Crippen LogP contribution in [0.2, 0.25) is 0 Å². The first kappa shape index (κ1) is 17.9. The van der Waals surface area contributed by atoms with Crippen molar-refractivity contribution in [1.82, 2.24) is 5.32 Å². The number of halogens is 1. The van der Waals surface area contributed by atoms with Gasteiger partial charge in [0, 0.05) is 12.2 Å². The van der Waals surface area contributed by atoms with Crippen molar-refractivity contribution in [2.45, 2.75) is 32.3 Å². The fraction of sp³-hybridized carbons (Fsp3) is 0.316. The summed E-state index contributed by atoms with van der Waals surface area (Å²) >= 11 is 0. The third-order valence-electron chi connectivity index (χ3n) is 3.69. The first-order valence-electron chi connectivity index (χ1n) is 7.85. The van der Waals surface area contributed by atoms with Crippen molar-refractivity contribution in [3.63, 3.8) is 0 Å².